The molecule has 1 aliphatic carbocycles. The third-order valence-electron chi connectivity index (χ3n) is 4.85. The second-order valence-corrected chi connectivity index (χ2v) is 6.31. The Morgan fingerprint density at radius 2 is 2.16 bits per heavy atom. The maximum absolute atomic E-state index is 5.61. The predicted octanol–water partition coefficient (Wildman–Crippen LogP) is 3.26. The first kappa shape index (κ1) is 13.1. The molecule has 1 heterocycles. The van der Waals surface area contributed by atoms with Gasteiger partial charge >= 0.3 is 0 Å². The van der Waals surface area contributed by atoms with Crippen molar-refractivity contribution in [2.45, 2.75) is 51.2 Å². The second kappa shape index (κ2) is 5.64. The summed E-state index contributed by atoms with van der Waals surface area (Å²) in [7, 11) is 0. The van der Waals surface area contributed by atoms with Crippen LogP contribution in [0.25, 0.3) is 0 Å². The lowest BCUT2D eigenvalue weighted by Gasteiger charge is -2.37. The van der Waals surface area contributed by atoms with Gasteiger partial charge in [-0.3, -0.25) is 0 Å². The minimum atomic E-state index is 0.445. The maximum Gasteiger partial charge on any atom is 0.0588 e. The highest BCUT2D eigenvalue weighted by Crippen LogP contribution is 2.37. The molecule has 2 heteroatoms. The Labute approximate surface area is 116 Å². The van der Waals surface area contributed by atoms with Gasteiger partial charge in [-0.1, -0.05) is 29.8 Å². The second-order valence-electron chi connectivity index (χ2n) is 6.31. The van der Waals surface area contributed by atoms with Gasteiger partial charge in [-0.2, -0.15) is 0 Å². The molecule has 1 aromatic rings. The monoisotopic (exact) mass is 259 g/mol. The SMILES string of the molecule is Cc1cccc(C2CC(NCC3CCOC3C)C2)c1. The van der Waals surface area contributed by atoms with E-state index in [1.807, 2.05) is 0 Å². The lowest BCUT2D eigenvalue weighted by Crippen LogP contribution is -2.43. The highest BCUT2D eigenvalue weighted by Gasteiger charge is 2.31. The minimum absolute atomic E-state index is 0.445. The summed E-state index contributed by atoms with van der Waals surface area (Å²) in [6.07, 6.45) is 4.26. The van der Waals surface area contributed by atoms with Crippen LogP contribution >= 0.6 is 0 Å². The van der Waals surface area contributed by atoms with Gasteiger partial charge in [0.05, 0.1) is 6.10 Å². The normalized spacial score (nSPS) is 34.2. The topological polar surface area (TPSA) is 21.3 Å². The first-order chi connectivity index (χ1) is 9.22. The van der Waals surface area contributed by atoms with Crippen LogP contribution in [0.5, 0.6) is 0 Å². The van der Waals surface area contributed by atoms with E-state index in [1.165, 1.54) is 30.4 Å². The van der Waals surface area contributed by atoms with Gasteiger partial charge in [0.2, 0.25) is 0 Å². The van der Waals surface area contributed by atoms with Gasteiger partial charge in [-0.15, -0.1) is 0 Å². The van der Waals surface area contributed by atoms with E-state index in [1.54, 1.807) is 0 Å². The fourth-order valence-electron chi connectivity index (χ4n) is 3.34. The van der Waals surface area contributed by atoms with Crippen molar-refractivity contribution in [1.29, 1.82) is 0 Å². The van der Waals surface area contributed by atoms with Crippen molar-refractivity contribution in [3.05, 3.63) is 35.4 Å². The smallest absolute Gasteiger partial charge is 0.0588 e. The molecule has 2 atom stereocenters. The van der Waals surface area contributed by atoms with Gasteiger partial charge in [0.1, 0.15) is 0 Å². The zero-order valence-corrected chi connectivity index (χ0v) is 12.1. The number of hydrogen-bond donors (Lipinski definition) is 1. The Balaban J connectivity index is 1.43. The van der Waals surface area contributed by atoms with E-state index in [9.17, 15) is 0 Å². The average molecular weight is 259 g/mol. The zero-order chi connectivity index (χ0) is 13.2. The van der Waals surface area contributed by atoms with E-state index in [4.69, 9.17) is 4.74 Å². The summed E-state index contributed by atoms with van der Waals surface area (Å²) in [5.74, 6) is 1.49. The Morgan fingerprint density at radius 1 is 1.32 bits per heavy atom. The molecule has 1 saturated carbocycles. The molecule has 2 fully saturated rings. The highest BCUT2D eigenvalue weighted by atomic mass is 16.5. The first-order valence-corrected chi connectivity index (χ1v) is 7.64. The van der Waals surface area contributed by atoms with Gasteiger partial charge in [-0.25, -0.2) is 0 Å². The van der Waals surface area contributed by atoms with Crippen molar-refractivity contribution >= 4 is 0 Å². The molecule has 3 rings (SSSR count). The van der Waals surface area contributed by atoms with Crippen LogP contribution in [-0.2, 0) is 4.74 Å². The molecule has 2 aliphatic rings. The van der Waals surface area contributed by atoms with Gasteiger partial charge in [-0.05, 0) is 50.5 Å². The Kier molecular flexibility index (Phi) is 3.90. The van der Waals surface area contributed by atoms with Gasteiger partial charge in [0.25, 0.3) is 0 Å². The number of rotatable bonds is 4. The molecule has 0 bridgehead atoms. The van der Waals surface area contributed by atoms with E-state index in [0.29, 0.717) is 6.10 Å². The molecule has 2 nitrogen and oxygen atoms in total. The molecular weight excluding hydrogens is 234 g/mol. The molecule has 0 aromatic heterocycles. The van der Waals surface area contributed by atoms with Crippen LogP contribution in [0.4, 0.5) is 0 Å². The number of aryl methyl sites for hydroxylation is 1. The lowest BCUT2D eigenvalue weighted by molar-refractivity contribution is 0.103. The maximum atomic E-state index is 5.61. The molecule has 0 spiro atoms. The van der Waals surface area contributed by atoms with Crippen LogP contribution in [0.2, 0.25) is 0 Å². The molecule has 1 N–H and O–H groups in total. The van der Waals surface area contributed by atoms with Crippen molar-refractivity contribution in [3.8, 4) is 0 Å². The molecule has 0 radical (unpaired) electrons. The summed E-state index contributed by atoms with van der Waals surface area (Å²) in [4.78, 5) is 0. The van der Waals surface area contributed by atoms with E-state index >= 15 is 0 Å². The van der Waals surface area contributed by atoms with E-state index in [2.05, 4.69) is 43.4 Å². The van der Waals surface area contributed by atoms with Gasteiger partial charge in [0.15, 0.2) is 0 Å². The van der Waals surface area contributed by atoms with Crippen molar-refractivity contribution in [2.75, 3.05) is 13.2 Å². The summed E-state index contributed by atoms with van der Waals surface area (Å²) in [5.41, 5.74) is 2.90. The molecular formula is C17H25NO. The van der Waals surface area contributed by atoms with E-state index < -0.39 is 0 Å². The molecule has 2 unspecified atom stereocenters. The molecule has 1 aliphatic heterocycles. The predicted molar refractivity (Wildman–Crippen MR) is 78.5 cm³/mol. The van der Waals surface area contributed by atoms with Crippen molar-refractivity contribution in [3.63, 3.8) is 0 Å². The van der Waals surface area contributed by atoms with Crippen LogP contribution in [0.1, 0.15) is 43.2 Å². The fourth-order valence-corrected chi connectivity index (χ4v) is 3.34. The Bertz CT molecular complexity index is 425. The third-order valence-corrected chi connectivity index (χ3v) is 4.85. The minimum Gasteiger partial charge on any atom is -0.378 e. The number of nitrogens with one attached hydrogen (secondary N) is 1. The van der Waals surface area contributed by atoms with Crippen LogP contribution in [0.15, 0.2) is 24.3 Å². The average Bonchev–Trinajstić information content (AvgIpc) is 2.73. The van der Waals surface area contributed by atoms with Crippen molar-refractivity contribution < 1.29 is 4.74 Å². The largest absolute Gasteiger partial charge is 0.378 e. The quantitative estimate of drug-likeness (QED) is 0.896. The number of ether oxygens (including phenoxy) is 1. The zero-order valence-electron chi connectivity index (χ0n) is 12.1. The van der Waals surface area contributed by atoms with E-state index in [0.717, 1.165) is 31.0 Å². The molecule has 0 amide bonds. The Hall–Kier alpha value is -0.860. The highest BCUT2D eigenvalue weighted by molar-refractivity contribution is 5.27. The van der Waals surface area contributed by atoms with Crippen LogP contribution in [0, 0.1) is 12.8 Å². The van der Waals surface area contributed by atoms with Crippen molar-refractivity contribution in [1.82, 2.24) is 5.32 Å². The number of hydrogen-bond acceptors (Lipinski definition) is 2. The molecule has 1 aromatic carbocycles. The van der Waals surface area contributed by atoms with Gasteiger partial charge in [0, 0.05) is 19.2 Å². The van der Waals surface area contributed by atoms with Crippen LogP contribution in [-0.4, -0.2) is 25.3 Å². The first-order valence-electron chi connectivity index (χ1n) is 7.64. The lowest BCUT2D eigenvalue weighted by atomic mass is 9.75. The van der Waals surface area contributed by atoms with E-state index in [-0.39, 0.29) is 0 Å². The molecule has 104 valence electrons. The van der Waals surface area contributed by atoms with Crippen LogP contribution < -0.4 is 5.32 Å². The third kappa shape index (κ3) is 3.01. The molecule has 1 saturated heterocycles. The fraction of sp³-hybridized carbons (Fsp3) is 0.647. The standard InChI is InChI=1S/C17H25NO/c1-12-4-3-5-14(8-12)16-9-17(10-16)18-11-15-6-7-19-13(15)2/h3-5,8,13,15-18H,6-7,9-11H2,1-2H3. The van der Waals surface area contributed by atoms with Gasteiger partial charge < -0.3 is 10.1 Å². The summed E-state index contributed by atoms with van der Waals surface area (Å²) >= 11 is 0. The summed E-state index contributed by atoms with van der Waals surface area (Å²) in [6, 6.07) is 9.70. The molecule has 19 heavy (non-hydrogen) atoms. The van der Waals surface area contributed by atoms with Crippen LogP contribution in [0.3, 0.4) is 0 Å². The summed E-state index contributed by atoms with van der Waals surface area (Å²) < 4.78 is 5.61. The number of benzene rings is 1. The summed E-state index contributed by atoms with van der Waals surface area (Å²) in [5, 5.41) is 3.73. The summed E-state index contributed by atoms with van der Waals surface area (Å²) in [6.45, 7) is 6.46. The van der Waals surface area contributed by atoms with Crippen molar-refractivity contribution in [2.24, 2.45) is 5.92 Å². The Morgan fingerprint density at radius 3 is 2.84 bits per heavy atom.